The van der Waals surface area contributed by atoms with Gasteiger partial charge < -0.3 is 10.1 Å². The summed E-state index contributed by atoms with van der Waals surface area (Å²) >= 11 is 0. The minimum Gasteiger partial charge on any atom is -0.381 e. The number of hydrogen-bond acceptors (Lipinski definition) is 2. The molecule has 2 atom stereocenters. The van der Waals surface area contributed by atoms with E-state index in [0.717, 1.165) is 19.1 Å². The zero-order valence-electron chi connectivity index (χ0n) is 10.9. The molecule has 0 radical (unpaired) electrons. The molecule has 0 aromatic carbocycles. The summed E-state index contributed by atoms with van der Waals surface area (Å²) in [7, 11) is 2.15. The molecule has 0 aromatic rings. The Kier molecular flexibility index (Phi) is 4.26. The minimum absolute atomic E-state index is 0.570. The van der Waals surface area contributed by atoms with E-state index in [0.29, 0.717) is 11.5 Å². The molecule has 2 fully saturated rings. The molecule has 2 nitrogen and oxygen atoms in total. The van der Waals surface area contributed by atoms with E-state index in [-0.39, 0.29) is 0 Å². The predicted octanol–water partition coefficient (Wildman–Crippen LogP) is 2.97. The van der Waals surface area contributed by atoms with E-state index in [2.05, 4.69) is 19.3 Å². The fourth-order valence-electron chi connectivity index (χ4n) is 4.03. The van der Waals surface area contributed by atoms with Gasteiger partial charge in [-0.25, -0.2) is 0 Å². The Hall–Kier alpha value is -0.0800. The van der Waals surface area contributed by atoms with Crippen molar-refractivity contribution in [2.24, 2.45) is 11.3 Å². The Balaban J connectivity index is 2.06. The van der Waals surface area contributed by atoms with Gasteiger partial charge in [0.05, 0.1) is 6.61 Å². The lowest BCUT2D eigenvalue weighted by Gasteiger charge is -2.43. The molecule has 1 saturated carbocycles. The Morgan fingerprint density at radius 3 is 2.56 bits per heavy atom. The molecule has 1 N–H and O–H groups in total. The molecule has 0 aromatic heterocycles. The lowest BCUT2D eigenvalue weighted by molar-refractivity contribution is 0.00885. The van der Waals surface area contributed by atoms with E-state index in [1.807, 2.05) is 0 Å². The fourth-order valence-corrected chi connectivity index (χ4v) is 4.03. The van der Waals surface area contributed by atoms with Crippen LogP contribution in [0.3, 0.4) is 0 Å². The van der Waals surface area contributed by atoms with Crippen molar-refractivity contribution in [1.82, 2.24) is 5.32 Å². The van der Waals surface area contributed by atoms with Crippen molar-refractivity contribution in [3.63, 3.8) is 0 Å². The number of nitrogens with one attached hydrogen (secondary N) is 1. The second kappa shape index (κ2) is 5.50. The third-order valence-corrected chi connectivity index (χ3v) is 4.94. The first kappa shape index (κ1) is 12.4. The van der Waals surface area contributed by atoms with Crippen LogP contribution in [0.25, 0.3) is 0 Å². The van der Waals surface area contributed by atoms with Crippen molar-refractivity contribution in [3.05, 3.63) is 0 Å². The second-order valence-electron chi connectivity index (χ2n) is 5.67. The van der Waals surface area contributed by atoms with Crippen molar-refractivity contribution in [2.75, 3.05) is 20.3 Å². The third-order valence-electron chi connectivity index (χ3n) is 4.94. The average molecular weight is 225 g/mol. The number of ether oxygens (including phenoxy) is 1. The van der Waals surface area contributed by atoms with Gasteiger partial charge >= 0.3 is 0 Å². The van der Waals surface area contributed by atoms with Crippen LogP contribution in [0.2, 0.25) is 0 Å². The molecule has 94 valence electrons. The zero-order chi connectivity index (χ0) is 11.4. The van der Waals surface area contributed by atoms with Crippen molar-refractivity contribution in [3.8, 4) is 0 Å². The summed E-state index contributed by atoms with van der Waals surface area (Å²) in [4.78, 5) is 0. The maximum Gasteiger partial charge on any atom is 0.0509 e. The van der Waals surface area contributed by atoms with Gasteiger partial charge in [0.2, 0.25) is 0 Å². The van der Waals surface area contributed by atoms with Crippen LogP contribution in [0, 0.1) is 11.3 Å². The molecule has 1 aliphatic carbocycles. The van der Waals surface area contributed by atoms with Crippen LogP contribution in [0.5, 0.6) is 0 Å². The zero-order valence-corrected chi connectivity index (χ0v) is 10.9. The first-order chi connectivity index (χ1) is 7.82. The van der Waals surface area contributed by atoms with Gasteiger partial charge in [-0.1, -0.05) is 19.8 Å². The van der Waals surface area contributed by atoms with E-state index in [1.54, 1.807) is 0 Å². The normalized spacial score (nSPS) is 31.5. The van der Waals surface area contributed by atoms with Crippen LogP contribution in [0.1, 0.15) is 51.9 Å². The summed E-state index contributed by atoms with van der Waals surface area (Å²) in [5, 5.41) is 3.63. The molecule has 2 aliphatic rings. The summed E-state index contributed by atoms with van der Waals surface area (Å²) in [5.41, 5.74) is 0.570. The second-order valence-corrected chi connectivity index (χ2v) is 5.67. The highest BCUT2D eigenvalue weighted by molar-refractivity contribution is 4.97. The Morgan fingerprint density at radius 1 is 1.31 bits per heavy atom. The Bertz CT molecular complexity index is 205. The van der Waals surface area contributed by atoms with Crippen LogP contribution in [0.4, 0.5) is 0 Å². The van der Waals surface area contributed by atoms with E-state index in [4.69, 9.17) is 4.74 Å². The summed E-state index contributed by atoms with van der Waals surface area (Å²) in [6, 6.07) is 0.681. The van der Waals surface area contributed by atoms with Crippen molar-refractivity contribution in [2.45, 2.75) is 57.9 Å². The quantitative estimate of drug-likeness (QED) is 0.794. The monoisotopic (exact) mass is 225 g/mol. The Morgan fingerprint density at radius 2 is 2.06 bits per heavy atom. The minimum atomic E-state index is 0.570. The van der Waals surface area contributed by atoms with Crippen molar-refractivity contribution < 1.29 is 4.74 Å². The van der Waals surface area contributed by atoms with E-state index in [1.165, 1.54) is 44.9 Å². The highest BCUT2D eigenvalue weighted by Crippen LogP contribution is 2.46. The average Bonchev–Trinajstić information content (AvgIpc) is 2.81. The summed E-state index contributed by atoms with van der Waals surface area (Å²) in [5.74, 6) is 0.747. The molecule has 1 saturated heterocycles. The maximum atomic E-state index is 5.67. The highest BCUT2D eigenvalue weighted by Gasteiger charge is 2.42. The van der Waals surface area contributed by atoms with Crippen molar-refractivity contribution in [1.29, 1.82) is 0 Å². The molecule has 0 bridgehead atoms. The molecule has 1 aliphatic heterocycles. The standard InChI is InChI=1S/C14H27NO/c1-3-14(8-4-5-9-14)13(15-2)12-7-6-10-16-11-12/h12-13,15H,3-11H2,1-2H3. The SMILES string of the molecule is CCC1(C(NC)C2CCCOC2)CCCC1. The smallest absolute Gasteiger partial charge is 0.0509 e. The van der Waals surface area contributed by atoms with Gasteiger partial charge in [-0.2, -0.15) is 0 Å². The molecule has 0 amide bonds. The van der Waals surface area contributed by atoms with Gasteiger partial charge in [-0.05, 0) is 50.5 Å². The third kappa shape index (κ3) is 2.28. The molecule has 2 rings (SSSR count). The molecule has 2 unspecified atom stereocenters. The van der Waals surface area contributed by atoms with Gasteiger partial charge in [0.1, 0.15) is 0 Å². The lowest BCUT2D eigenvalue weighted by Crippen LogP contribution is -2.49. The fraction of sp³-hybridized carbons (Fsp3) is 1.00. The van der Waals surface area contributed by atoms with E-state index < -0.39 is 0 Å². The molecule has 1 heterocycles. The van der Waals surface area contributed by atoms with Gasteiger partial charge in [-0.3, -0.25) is 0 Å². The molecular weight excluding hydrogens is 198 g/mol. The summed E-state index contributed by atoms with van der Waals surface area (Å²) < 4.78 is 5.67. The first-order valence-corrected chi connectivity index (χ1v) is 7.07. The van der Waals surface area contributed by atoms with Gasteiger partial charge in [0, 0.05) is 12.6 Å². The lowest BCUT2D eigenvalue weighted by atomic mass is 9.70. The maximum absolute atomic E-state index is 5.67. The van der Waals surface area contributed by atoms with Gasteiger partial charge in [0.25, 0.3) is 0 Å². The summed E-state index contributed by atoms with van der Waals surface area (Å²) in [6.07, 6.45) is 9.64. The van der Waals surface area contributed by atoms with E-state index in [9.17, 15) is 0 Å². The number of rotatable bonds is 4. The first-order valence-electron chi connectivity index (χ1n) is 7.07. The van der Waals surface area contributed by atoms with Crippen LogP contribution in [-0.2, 0) is 4.74 Å². The largest absolute Gasteiger partial charge is 0.381 e. The van der Waals surface area contributed by atoms with Gasteiger partial charge in [-0.15, -0.1) is 0 Å². The molecule has 16 heavy (non-hydrogen) atoms. The van der Waals surface area contributed by atoms with Crippen molar-refractivity contribution >= 4 is 0 Å². The molecule has 2 heteroatoms. The predicted molar refractivity (Wildman–Crippen MR) is 67.6 cm³/mol. The van der Waals surface area contributed by atoms with Crippen LogP contribution in [0.15, 0.2) is 0 Å². The van der Waals surface area contributed by atoms with Crippen LogP contribution >= 0.6 is 0 Å². The summed E-state index contributed by atoms with van der Waals surface area (Å²) in [6.45, 7) is 4.33. The topological polar surface area (TPSA) is 21.3 Å². The molecule has 0 spiro atoms. The highest BCUT2D eigenvalue weighted by atomic mass is 16.5. The van der Waals surface area contributed by atoms with Crippen LogP contribution in [-0.4, -0.2) is 26.3 Å². The van der Waals surface area contributed by atoms with Gasteiger partial charge in [0.15, 0.2) is 0 Å². The van der Waals surface area contributed by atoms with E-state index >= 15 is 0 Å². The molecular formula is C14H27NO. The number of hydrogen-bond donors (Lipinski definition) is 1. The van der Waals surface area contributed by atoms with Crippen LogP contribution < -0.4 is 5.32 Å². The Labute approximate surface area is 100 Å².